The highest BCUT2D eigenvalue weighted by molar-refractivity contribution is 8.18. The van der Waals surface area contributed by atoms with Crippen LogP contribution in [0.3, 0.4) is 0 Å². The van der Waals surface area contributed by atoms with Crippen molar-refractivity contribution in [2.45, 2.75) is 0 Å². The van der Waals surface area contributed by atoms with Crippen LogP contribution in [0.5, 0.6) is 0 Å². The molecule has 0 radical (unpaired) electrons. The van der Waals surface area contributed by atoms with E-state index in [9.17, 15) is 9.59 Å². The lowest BCUT2D eigenvalue weighted by Crippen LogP contribution is -2.18. The van der Waals surface area contributed by atoms with Crippen molar-refractivity contribution in [3.8, 4) is 0 Å². The first-order chi connectivity index (χ1) is 10.1. The third-order valence-electron chi connectivity index (χ3n) is 3.08. The van der Waals surface area contributed by atoms with Crippen molar-refractivity contribution < 1.29 is 14.3 Å². The number of benzene rings is 1. The maximum atomic E-state index is 11.6. The highest BCUT2D eigenvalue weighted by Gasteiger charge is 2.22. The van der Waals surface area contributed by atoms with Gasteiger partial charge in [-0.2, -0.15) is 0 Å². The molecule has 1 aliphatic heterocycles. The number of hydrogen-bond acceptors (Lipinski definition) is 5. The third kappa shape index (κ3) is 2.43. The number of esters is 1. The molecule has 2 heterocycles. The second kappa shape index (κ2) is 5.10. The number of fused-ring (bicyclic) bond motifs is 1. The zero-order valence-corrected chi connectivity index (χ0v) is 11.8. The number of methoxy groups -OCH3 is 1. The fraction of sp³-hybridized carbons (Fsp3) is 0.0714. The van der Waals surface area contributed by atoms with Crippen molar-refractivity contribution in [2.75, 3.05) is 7.11 Å². The Balaban J connectivity index is 2.02. The summed E-state index contributed by atoms with van der Waals surface area (Å²) in [4.78, 5) is 26.6. The SMILES string of the molecule is COC(=O)c1ccc2c(C=C3SC(=N)NC3=O)c[nH]c2c1. The molecule has 106 valence electrons. The number of amides is 1. The summed E-state index contributed by atoms with van der Waals surface area (Å²) in [6.45, 7) is 0. The van der Waals surface area contributed by atoms with Crippen molar-refractivity contribution >= 4 is 45.8 Å². The standard InChI is InChI=1S/C14H11N3O3S/c1-20-13(19)7-2-3-9-8(6-16-10(9)4-7)5-11-12(18)17-14(15)21-11/h2-6,16H,1H3,(H2,15,17,18). The highest BCUT2D eigenvalue weighted by atomic mass is 32.2. The molecule has 1 saturated heterocycles. The minimum absolute atomic E-state index is 0.124. The summed E-state index contributed by atoms with van der Waals surface area (Å²) < 4.78 is 4.68. The van der Waals surface area contributed by atoms with Crippen molar-refractivity contribution in [1.29, 1.82) is 5.41 Å². The average Bonchev–Trinajstić information content (AvgIpc) is 3.01. The third-order valence-corrected chi connectivity index (χ3v) is 3.91. The van der Waals surface area contributed by atoms with Gasteiger partial charge in [0, 0.05) is 22.7 Å². The van der Waals surface area contributed by atoms with Gasteiger partial charge in [-0.15, -0.1) is 0 Å². The number of carbonyl (C=O) groups excluding carboxylic acids is 2. The van der Waals surface area contributed by atoms with Gasteiger partial charge in [0.05, 0.1) is 17.6 Å². The first-order valence-electron chi connectivity index (χ1n) is 6.07. The van der Waals surface area contributed by atoms with Gasteiger partial charge in [-0.3, -0.25) is 10.2 Å². The summed E-state index contributed by atoms with van der Waals surface area (Å²) in [5.41, 5.74) is 2.07. The quantitative estimate of drug-likeness (QED) is 0.584. The van der Waals surface area contributed by atoms with E-state index >= 15 is 0 Å². The fourth-order valence-electron chi connectivity index (χ4n) is 2.10. The Morgan fingerprint density at radius 2 is 2.24 bits per heavy atom. The molecule has 0 unspecified atom stereocenters. The Hall–Kier alpha value is -2.54. The van der Waals surface area contributed by atoms with Gasteiger partial charge in [0.25, 0.3) is 5.91 Å². The minimum Gasteiger partial charge on any atom is -0.465 e. The smallest absolute Gasteiger partial charge is 0.337 e. The summed E-state index contributed by atoms with van der Waals surface area (Å²) in [5.74, 6) is -0.670. The van der Waals surface area contributed by atoms with Crippen LogP contribution < -0.4 is 5.32 Å². The van der Waals surface area contributed by atoms with Crippen LogP contribution >= 0.6 is 11.8 Å². The Morgan fingerprint density at radius 1 is 1.43 bits per heavy atom. The molecule has 1 fully saturated rings. The van der Waals surface area contributed by atoms with Crippen LogP contribution in [0.15, 0.2) is 29.3 Å². The van der Waals surface area contributed by atoms with E-state index in [4.69, 9.17) is 5.41 Å². The molecule has 3 rings (SSSR count). The monoisotopic (exact) mass is 301 g/mol. The number of aromatic nitrogens is 1. The van der Waals surface area contributed by atoms with E-state index in [0.29, 0.717) is 10.5 Å². The van der Waals surface area contributed by atoms with E-state index in [1.54, 1.807) is 30.5 Å². The number of ether oxygens (including phenoxy) is 1. The lowest BCUT2D eigenvalue weighted by molar-refractivity contribution is -0.115. The normalized spacial score (nSPS) is 16.5. The van der Waals surface area contributed by atoms with Crippen molar-refractivity contribution in [3.05, 3.63) is 40.4 Å². The molecule has 1 aliphatic rings. The summed E-state index contributed by atoms with van der Waals surface area (Å²) >= 11 is 1.09. The number of rotatable bonds is 2. The van der Waals surface area contributed by atoms with Crippen LogP contribution in [-0.2, 0) is 9.53 Å². The van der Waals surface area contributed by atoms with E-state index in [-0.39, 0.29) is 11.1 Å². The number of carbonyl (C=O) groups is 2. The van der Waals surface area contributed by atoms with Crippen molar-refractivity contribution in [3.63, 3.8) is 0 Å². The predicted molar refractivity (Wildman–Crippen MR) is 81.1 cm³/mol. The molecule has 0 bridgehead atoms. The van der Waals surface area contributed by atoms with Crippen LogP contribution in [0.2, 0.25) is 0 Å². The first-order valence-corrected chi connectivity index (χ1v) is 6.89. The predicted octanol–water partition coefficient (Wildman–Crippen LogP) is 2.09. The van der Waals surface area contributed by atoms with E-state index in [1.165, 1.54) is 7.11 Å². The number of H-pyrrole nitrogens is 1. The Kier molecular flexibility index (Phi) is 3.26. The summed E-state index contributed by atoms with van der Waals surface area (Å²) in [6, 6.07) is 5.17. The molecule has 7 heteroatoms. The summed E-state index contributed by atoms with van der Waals surface area (Å²) in [7, 11) is 1.34. The van der Waals surface area contributed by atoms with Crippen molar-refractivity contribution in [1.82, 2.24) is 10.3 Å². The van der Waals surface area contributed by atoms with Gasteiger partial charge in [0.2, 0.25) is 0 Å². The maximum absolute atomic E-state index is 11.6. The maximum Gasteiger partial charge on any atom is 0.337 e. The number of thioether (sulfide) groups is 1. The van der Waals surface area contributed by atoms with Gasteiger partial charge in [0.15, 0.2) is 5.17 Å². The van der Waals surface area contributed by atoms with E-state index in [0.717, 1.165) is 28.2 Å². The second-order valence-corrected chi connectivity index (χ2v) is 5.44. The minimum atomic E-state index is -0.398. The number of aromatic amines is 1. The zero-order valence-electron chi connectivity index (χ0n) is 11.0. The van der Waals surface area contributed by atoms with Crippen LogP contribution in [0, 0.1) is 5.41 Å². The largest absolute Gasteiger partial charge is 0.465 e. The lowest BCUT2D eigenvalue weighted by atomic mass is 10.1. The van der Waals surface area contributed by atoms with Gasteiger partial charge in [-0.25, -0.2) is 4.79 Å². The highest BCUT2D eigenvalue weighted by Crippen LogP contribution is 2.28. The van der Waals surface area contributed by atoms with Crippen LogP contribution in [0.25, 0.3) is 17.0 Å². The summed E-state index contributed by atoms with van der Waals surface area (Å²) in [5, 5.41) is 10.9. The molecule has 6 nitrogen and oxygen atoms in total. The molecule has 1 aromatic carbocycles. The molecule has 1 aromatic heterocycles. The van der Waals surface area contributed by atoms with Gasteiger partial charge in [-0.05, 0) is 30.0 Å². The molecule has 3 N–H and O–H groups in total. The fourth-order valence-corrected chi connectivity index (χ4v) is 2.79. The Labute approximate surface area is 124 Å². The molecule has 2 aromatic rings. The average molecular weight is 301 g/mol. The lowest BCUT2D eigenvalue weighted by Gasteiger charge is -1.99. The van der Waals surface area contributed by atoms with Gasteiger partial charge >= 0.3 is 5.97 Å². The van der Waals surface area contributed by atoms with Gasteiger partial charge in [-0.1, -0.05) is 6.07 Å². The van der Waals surface area contributed by atoms with E-state index in [2.05, 4.69) is 15.0 Å². The molecule has 21 heavy (non-hydrogen) atoms. The molecule has 0 aliphatic carbocycles. The molecule has 1 amide bonds. The second-order valence-electron chi connectivity index (χ2n) is 4.39. The molecular weight excluding hydrogens is 290 g/mol. The molecule has 0 spiro atoms. The number of hydrogen-bond donors (Lipinski definition) is 3. The number of nitrogens with one attached hydrogen (secondary N) is 3. The topological polar surface area (TPSA) is 95.0 Å². The van der Waals surface area contributed by atoms with Crippen molar-refractivity contribution in [2.24, 2.45) is 0 Å². The van der Waals surface area contributed by atoms with Crippen LogP contribution in [0.4, 0.5) is 0 Å². The molecular formula is C14H11N3O3S. The zero-order chi connectivity index (χ0) is 15.0. The molecule has 0 saturated carbocycles. The van der Waals surface area contributed by atoms with E-state index in [1.807, 2.05) is 0 Å². The first kappa shape index (κ1) is 13.4. The van der Waals surface area contributed by atoms with E-state index < -0.39 is 5.97 Å². The number of amidine groups is 1. The van der Waals surface area contributed by atoms with Gasteiger partial charge in [0.1, 0.15) is 0 Å². The van der Waals surface area contributed by atoms with Crippen LogP contribution in [0.1, 0.15) is 15.9 Å². The summed E-state index contributed by atoms with van der Waals surface area (Å²) in [6.07, 6.45) is 3.48. The Morgan fingerprint density at radius 3 is 2.90 bits per heavy atom. The molecule has 0 atom stereocenters. The van der Waals surface area contributed by atoms with Gasteiger partial charge < -0.3 is 15.0 Å². The van der Waals surface area contributed by atoms with Crippen LogP contribution in [-0.4, -0.2) is 29.1 Å². The Bertz CT molecular complexity index is 807.